The van der Waals surface area contributed by atoms with E-state index in [0.29, 0.717) is 43.6 Å². The molecule has 0 saturated carbocycles. The molecule has 1 aromatic carbocycles. The second kappa shape index (κ2) is 8.96. The molecule has 3 heterocycles. The van der Waals surface area contributed by atoms with Crippen LogP contribution in [-0.2, 0) is 18.0 Å². The van der Waals surface area contributed by atoms with E-state index in [1.807, 2.05) is 48.2 Å². The van der Waals surface area contributed by atoms with Crippen molar-refractivity contribution in [2.24, 2.45) is 0 Å². The van der Waals surface area contributed by atoms with Crippen LogP contribution in [0, 0.1) is 6.92 Å². The molecule has 0 radical (unpaired) electrons. The third-order valence-corrected chi connectivity index (χ3v) is 5.21. The van der Waals surface area contributed by atoms with E-state index in [-0.39, 0.29) is 11.8 Å². The van der Waals surface area contributed by atoms with Gasteiger partial charge in [-0.2, -0.15) is 4.98 Å². The Morgan fingerprint density at radius 1 is 1.14 bits per heavy atom. The van der Waals surface area contributed by atoms with Gasteiger partial charge in [-0.25, -0.2) is 0 Å². The number of likely N-dealkylation sites (tertiary alicyclic amines) is 1. The van der Waals surface area contributed by atoms with E-state index in [1.54, 1.807) is 12.3 Å². The van der Waals surface area contributed by atoms with E-state index < -0.39 is 0 Å². The Morgan fingerprint density at radius 2 is 1.93 bits per heavy atom. The zero-order chi connectivity index (χ0) is 20.1. The number of carbonyl (C=O) groups is 1. The minimum Gasteiger partial charge on any atom is -0.367 e. The van der Waals surface area contributed by atoms with Crippen LogP contribution in [0.15, 0.2) is 53.2 Å². The molecule has 0 aliphatic carbocycles. The standard InChI is InChI=1S/C22H24N4O3/c1-16-19(8-5-11-23-16)22(27)26-12-9-18(10-13-26)21-24-20(29-25-21)15-28-14-17-6-3-2-4-7-17/h2-8,11,18H,9-10,12-15H2,1H3. The molecule has 4 rings (SSSR count). The second-order valence-electron chi connectivity index (χ2n) is 7.23. The smallest absolute Gasteiger partial charge is 0.255 e. The van der Waals surface area contributed by atoms with Crippen LogP contribution >= 0.6 is 0 Å². The zero-order valence-electron chi connectivity index (χ0n) is 16.5. The molecule has 1 fully saturated rings. The lowest BCUT2D eigenvalue weighted by molar-refractivity contribution is 0.0709. The monoisotopic (exact) mass is 392 g/mol. The summed E-state index contributed by atoms with van der Waals surface area (Å²) in [5.41, 5.74) is 2.54. The fraction of sp³-hybridized carbons (Fsp3) is 0.364. The van der Waals surface area contributed by atoms with Crippen molar-refractivity contribution in [1.82, 2.24) is 20.0 Å². The Labute approximate surface area is 169 Å². The highest BCUT2D eigenvalue weighted by molar-refractivity contribution is 5.95. The number of ether oxygens (including phenoxy) is 1. The zero-order valence-corrected chi connectivity index (χ0v) is 16.5. The van der Waals surface area contributed by atoms with Crippen LogP contribution in [0.2, 0.25) is 0 Å². The van der Waals surface area contributed by atoms with Crippen molar-refractivity contribution in [1.29, 1.82) is 0 Å². The average molecular weight is 392 g/mol. The molecule has 0 atom stereocenters. The number of hydrogen-bond acceptors (Lipinski definition) is 6. The largest absolute Gasteiger partial charge is 0.367 e. The van der Waals surface area contributed by atoms with Crippen LogP contribution in [-0.4, -0.2) is 39.0 Å². The minimum absolute atomic E-state index is 0.0390. The van der Waals surface area contributed by atoms with E-state index in [0.717, 1.165) is 24.1 Å². The highest BCUT2D eigenvalue weighted by atomic mass is 16.5. The molecule has 0 N–H and O–H groups in total. The molecule has 150 valence electrons. The van der Waals surface area contributed by atoms with Gasteiger partial charge in [-0.3, -0.25) is 9.78 Å². The lowest BCUT2D eigenvalue weighted by Gasteiger charge is -2.30. The summed E-state index contributed by atoms with van der Waals surface area (Å²) < 4.78 is 11.0. The van der Waals surface area contributed by atoms with Crippen molar-refractivity contribution in [2.75, 3.05) is 13.1 Å². The van der Waals surface area contributed by atoms with Gasteiger partial charge >= 0.3 is 0 Å². The van der Waals surface area contributed by atoms with Crippen LogP contribution < -0.4 is 0 Å². The molecule has 1 saturated heterocycles. The molecule has 1 aliphatic heterocycles. The highest BCUT2D eigenvalue weighted by Crippen LogP contribution is 2.27. The van der Waals surface area contributed by atoms with Gasteiger partial charge in [0.15, 0.2) is 5.82 Å². The SMILES string of the molecule is Cc1ncccc1C(=O)N1CCC(c2noc(COCc3ccccc3)n2)CC1. The van der Waals surface area contributed by atoms with Gasteiger partial charge in [0.25, 0.3) is 11.8 Å². The van der Waals surface area contributed by atoms with Crippen LogP contribution in [0.25, 0.3) is 0 Å². The van der Waals surface area contributed by atoms with Crippen molar-refractivity contribution >= 4 is 5.91 Å². The number of piperidine rings is 1. The van der Waals surface area contributed by atoms with Crippen LogP contribution in [0.5, 0.6) is 0 Å². The number of nitrogens with zero attached hydrogens (tertiary/aromatic N) is 4. The third-order valence-electron chi connectivity index (χ3n) is 5.21. The molecule has 0 unspecified atom stereocenters. The van der Waals surface area contributed by atoms with Gasteiger partial charge < -0.3 is 14.2 Å². The summed E-state index contributed by atoms with van der Waals surface area (Å²) in [5, 5.41) is 4.13. The maximum atomic E-state index is 12.7. The van der Waals surface area contributed by atoms with Crippen LogP contribution in [0.3, 0.4) is 0 Å². The summed E-state index contributed by atoms with van der Waals surface area (Å²) >= 11 is 0. The third kappa shape index (κ3) is 4.68. The van der Waals surface area contributed by atoms with Crippen LogP contribution in [0.1, 0.15) is 52.1 Å². The predicted molar refractivity (Wildman–Crippen MR) is 106 cm³/mol. The fourth-order valence-electron chi connectivity index (χ4n) is 3.54. The summed E-state index contributed by atoms with van der Waals surface area (Å²) in [5.74, 6) is 1.42. The molecule has 29 heavy (non-hydrogen) atoms. The normalized spacial score (nSPS) is 14.9. The summed E-state index contributed by atoms with van der Waals surface area (Å²) in [7, 11) is 0. The van der Waals surface area contributed by atoms with E-state index in [2.05, 4.69) is 15.1 Å². The minimum atomic E-state index is 0.0390. The lowest BCUT2D eigenvalue weighted by Crippen LogP contribution is -2.38. The van der Waals surface area contributed by atoms with Crippen molar-refractivity contribution < 1.29 is 14.1 Å². The van der Waals surface area contributed by atoms with Gasteiger partial charge in [0, 0.05) is 30.9 Å². The van der Waals surface area contributed by atoms with Gasteiger partial charge in [-0.05, 0) is 37.5 Å². The van der Waals surface area contributed by atoms with Crippen molar-refractivity contribution in [2.45, 2.75) is 38.9 Å². The predicted octanol–water partition coefficient (Wildman–Crippen LogP) is 3.51. The topological polar surface area (TPSA) is 81.4 Å². The first kappa shape index (κ1) is 19.3. The number of aromatic nitrogens is 3. The van der Waals surface area contributed by atoms with Gasteiger partial charge in [0.05, 0.1) is 12.2 Å². The molecular weight excluding hydrogens is 368 g/mol. The average Bonchev–Trinajstić information content (AvgIpc) is 3.23. The molecule has 0 spiro atoms. The molecule has 7 heteroatoms. The molecule has 7 nitrogen and oxygen atoms in total. The van der Waals surface area contributed by atoms with Crippen molar-refractivity contribution in [3.05, 3.63) is 77.2 Å². The Hall–Kier alpha value is -3.06. The maximum Gasteiger partial charge on any atom is 0.255 e. The number of hydrogen-bond donors (Lipinski definition) is 0. The Bertz CT molecular complexity index is 949. The Morgan fingerprint density at radius 3 is 2.69 bits per heavy atom. The number of pyridine rings is 1. The quantitative estimate of drug-likeness (QED) is 0.639. The van der Waals surface area contributed by atoms with E-state index >= 15 is 0 Å². The molecule has 0 bridgehead atoms. The van der Waals surface area contributed by atoms with Crippen LogP contribution in [0.4, 0.5) is 0 Å². The molecule has 1 amide bonds. The number of amides is 1. The Balaban J connectivity index is 1.28. The van der Waals surface area contributed by atoms with E-state index in [1.165, 1.54) is 0 Å². The molecular formula is C22H24N4O3. The van der Waals surface area contributed by atoms with Gasteiger partial charge in [0.1, 0.15) is 6.61 Å². The Kier molecular flexibility index (Phi) is 5.95. The summed E-state index contributed by atoms with van der Waals surface area (Å²) in [6.07, 6.45) is 3.33. The van der Waals surface area contributed by atoms with Gasteiger partial charge in [-0.1, -0.05) is 35.5 Å². The second-order valence-corrected chi connectivity index (χ2v) is 7.23. The highest BCUT2D eigenvalue weighted by Gasteiger charge is 2.28. The molecule has 2 aromatic heterocycles. The van der Waals surface area contributed by atoms with E-state index in [4.69, 9.17) is 9.26 Å². The number of carbonyl (C=O) groups excluding carboxylic acids is 1. The molecule has 1 aliphatic rings. The first-order chi connectivity index (χ1) is 14.2. The van der Waals surface area contributed by atoms with Crippen molar-refractivity contribution in [3.63, 3.8) is 0 Å². The first-order valence-corrected chi connectivity index (χ1v) is 9.86. The van der Waals surface area contributed by atoms with Gasteiger partial charge in [-0.15, -0.1) is 0 Å². The summed E-state index contributed by atoms with van der Waals surface area (Å²) in [4.78, 5) is 23.3. The lowest BCUT2D eigenvalue weighted by atomic mass is 9.95. The first-order valence-electron chi connectivity index (χ1n) is 9.86. The number of benzene rings is 1. The summed E-state index contributed by atoms with van der Waals surface area (Å²) in [6, 6.07) is 13.6. The fourth-order valence-corrected chi connectivity index (χ4v) is 3.54. The van der Waals surface area contributed by atoms with E-state index in [9.17, 15) is 4.79 Å². The summed E-state index contributed by atoms with van der Waals surface area (Å²) in [6.45, 7) is 4.01. The number of rotatable bonds is 6. The maximum absolute atomic E-state index is 12.7. The van der Waals surface area contributed by atoms with Crippen molar-refractivity contribution in [3.8, 4) is 0 Å². The molecule has 3 aromatic rings. The van der Waals surface area contributed by atoms with Gasteiger partial charge in [0.2, 0.25) is 0 Å². The number of aryl methyl sites for hydroxylation is 1.